The molecule has 0 spiro atoms. The lowest BCUT2D eigenvalue weighted by atomic mass is 10.3. The minimum absolute atomic E-state index is 0.612. The molecular weight excluding hydrogens is 234 g/mol. The van der Waals surface area contributed by atoms with Crippen molar-refractivity contribution in [3.63, 3.8) is 0 Å². The van der Waals surface area contributed by atoms with Crippen LogP contribution in [0.5, 0.6) is 5.88 Å². The Hall–Kier alpha value is -1.62. The topological polar surface area (TPSA) is 47.0 Å². The third kappa shape index (κ3) is 3.71. The van der Waals surface area contributed by atoms with Crippen molar-refractivity contribution >= 4 is 17.2 Å². The van der Waals surface area contributed by atoms with Crippen LogP contribution >= 0.6 is 11.3 Å². The Balaban J connectivity index is 1.84. The predicted molar refractivity (Wildman–Crippen MR) is 69.7 cm³/mol. The van der Waals surface area contributed by atoms with E-state index in [0.717, 1.165) is 18.8 Å². The van der Waals surface area contributed by atoms with E-state index in [2.05, 4.69) is 32.8 Å². The van der Waals surface area contributed by atoms with Crippen molar-refractivity contribution in [1.82, 2.24) is 9.97 Å². The number of anilines is 1. The molecule has 0 unspecified atom stereocenters. The van der Waals surface area contributed by atoms with Gasteiger partial charge >= 0.3 is 0 Å². The number of rotatable bonds is 6. The zero-order valence-corrected chi connectivity index (χ0v) is 10.5. The van der Waals surface area contributed by atoms with E-state index in [1.807, 2.05) is 13.0 Å². The summed E-state index contributed by atoms with van der Waals surface area (Å²) in [6, 6.07) is 6.02. The van der Waals surface area contributed by atoms with Crippen molar-refractivity contribution in [3.05, 3.63) is 34.8 Å². The Bertz CT molecular complexity index is 445. The highest BCUT2D eigenvalue weighted by Gasteiger charge is 1.99. The molecule has 2 rings (SSSR count). The van der Waals surface area contributed by atoms with E-state index in [1.54, 1.807) is 11.3 Å². The number of thiophene rings is 1. The van der Waals surface area contributed by atoms with Gasteiger partial charge in [-0.2, -0.15) is 0 Å². The van der Waals surface area contributed by atoms with Gasteiger partial charge in [-0.3, -0.25) is 0 Å². The van der Waals surface area contributed by atoms with Crippen LogP contribution in [0, 0.1) is 0 Å². The van der Waals surface area contributed by atoms with E-state index in [9.17, 15) is 0 Å². The lowest BCUT2D eigenvalue weighted by molar-refractivity contribution is 0.326. The second kappa shape index (κ2) is 6.20. The van der Waals surface area contributed by atoms with Crippen LogP contribution in [0.25, 0.3) is 0 Å². The molecule has 2 aromatic rings. The summed E-state index contributed by atoms with van der Waals surface area (Å²) in [7, 11) is 0. The first kappa shape index (κ1) is 11.9. The first-order chi connectivity index (χ1) is 8.38. The molecule has 17 heavy (non-hydrogen) atoms. The molecule has 0 saturated heterocycles. The van der Waals surface area contributed by atoms with Crippen LogP contribution in [0.1, 0.15) is 11.8 Å². The highest BCUT2D eigenvalue weighted by Crippen LogP contribution is 2.12. The Morgan fingerprint density at radius 1 is 1.41 bits per heavy atom. The molecule has 0 radical (unpaired) electrons. The third-order valence-electron chi connectivity index (χ3n) is 2.19. The Labute approximate surface area is 105 Å². The zero-order valence-electron chi connectivity index (χ0n) is 9.72. The van der Waals surface area contributed by atoms with Gasteiger partial charge in [0, 0.05) is 17.5 Å². The summed E-state index contributed by atoms with van der Waals surface area (Å²) in [4.78, 5) is 9.53. The standard InChI is InChI=1S/C12H15N3OS/c1-2-16-12-8-11(14-9-15-12)13-6-5-10-4-3-7-17-10/h3-4,7-9H,2,5-6H2,1H3,(H,13,14,15). The van der Waals surface area contributed by atoms with Crippen molar-refractivity contribution in [2.75, 3.05) is 18.5 Å². The Kier molecular flexibility index (Phi) is 4.32. The van der Waals surface area contributed by atoms with Crippen LogP contribution in [0.15, 0.2) is 29.9 Å². The summed E-state index contributed by atoms with van der Waals surface area (Å²) in [5.74, 6) is 1.42. The smallest absolute Gasteiger partial charge is 0.218 e. The van der Waals surface area contributed by atoms with Crippen molar-refractivity contribution in [2.45, 2.75) is 13.3 Å². The number of hydrogen-bond donors (Lipinski definition) is 1. The second-order valence-corrected chi connectivity index (χ2v) is 4.46. The Morgan fingerprint density at radius 2 is 2.35 bits per heavy atom. The minimum Gasteiger partial charge on any atom is -0.478 e. The molecule has 0 fully saturated rings. The van der Waals surface area contributed by atoms with E-state index in [0.29, 0.717) is 12.5 Å². The average molecular weight is 249 g/mol. The number of nitrogens with zero attached hydrogens (tertiary/aromatic N) is 2. The molecule has 0 saturated carbocycles. The van der Waals surface area contributed by atoms with E-state index >= 15 is 0 Å². The SMILES string of the molecule is CCOc1cc(NCCc2cccs2)ncn1. The molecule has 5 heteroatoms. The fourth-order valence-electron chi connectivity index (χ4n) is 1.43. The van der Waals surface area contributed by atoms with Crippen molar-refractivity contribution in [1.29, 1.82) is 0 Å². The highest BCUT2D eigenvalue weighted by atomic mass is 32.1. The molecule has 90 valence electrons. The van der Waals surface area contributed by atoms with Crippen LogP contribution in [0.2, 0.25) is 0 Å². The van der Waals surface area contributed by atoms with Gasteiger partial charge in [0.1, 0.15) is 12.1 Å². The Morgan fingerprint density at radius 3 is 3.12 bits per heavy atom. The molecule has 0 bridgehead atoms. The van der Waals surface area contributed by atoms with Crippen LogP contribution in [0.4, 0.5) is 5.82 Å². The molecule has 0 amide bonds. The molecular formula is C12H15N3OS. The van der Waals surface area contributed by atoms with Crippen molar-refractivity contribution < 1.29 is 4.74 Å². The van der Waals surface area contributed by atoms with Crippen molar-refractivity contribution in [2.24, 2.45) is 0 Å². The zero-order chi connectivity index (χ0) is 11.9. The van der Waals surface area contributed by atoms with E-state index < -0.39 is 0 Å². The van der Waals surface area contributed by atoms with Gasteiger partial charge in [0.2, 0.25) is 5.88 Å². The van der Waals surface area contributed by atoms with Gasteiger partial charge in [-0.25, -0.2) is 9.97 Å². The number of ether oxygens (including phenoxy) is 1. The van der Waals surface area contributed by atoms with Gasteiger partial charge in [-0.05, 0) is 24.8 Å². The summed E-state index contributed by atoms with van der Waals surface area (Å²) in [5, 5.41) is 5.35. The fourth-order valence-corrected chi connectivity index (χ4v) is 2.14. The lowest BCUT2D eigenvalue weighted by Crippen LogP contribution is -2.06. The number of hydrogen-bond acceptors (Lipinski definition) is 5. The largest absolute Gasteiger partial charge is 0.478 e. The molecule has 1 N–H and O–H groups in total. The predicted octanol–water partition coefficient (Wildman–Crippen LogP) is 2.59. The number of nitrogens with one attached hydrogen (secondary N) is 1. The second-order valence-electron chi connectivity index (χ2n) is 3.43. The van der Waals surface area contributed by atoms with Crippen LogP contribution in [-0.2, 0) is 6.42 Å². The molecule has 0 aliphatic rings. The molecule has 0 atom stereocenters. The van der Waals surface area contributed by atoms with Crippen LogP contribution in [0.3, 0.4) is 0 Å². The first-order valence-corrected chi connectivity index (χ1v) is 6.47. The lowest BCUT2D eigenvalue weighted by Gasteiger charge is -2.06. The highest BCUT2D eigenvalue weighted by molar-refractivity contribution is 7.09. The molecule has 2 heterocycles. The first-order valence-electron chi connectivity index (χ1n) is 5.59. The summed E-state index contributed by atoms with van der Waals surface area (Å²) in [5.41, 5.74) is 0. The van der Waals surface area contributed by atoms with Gasteiger partial charge in [0.15, 0.2) is 0 Å². The van der Waals surface area contributed by atoms with E-state index in [-0.39, 0.29) is 0 Å². The quantitative estimate of drug-likeness (QED) is 0.854. The minimum atomic E-state index is 0.612. The fraction of sp³-hybridized carbons (Fsp3) is 0.333. The molecule has 0 aliphatic carbocycles. The molecule has 0 aromatic carbocycles. The van der Waals surface area contributed by atoms with Gasteiger partial charge in [-0.1, -0.05) is 6.07 Å². The molecule has 4 nitrogen and oxygen atoms in total. The summed E-state index contributed by atoms with van der Waals surface area (Å²) >= 11 is 1.77. The summed E-state index contributed by atoms with van der Waals surface area (Å²) in [6.45, 7) is 3.42. The summed E-state index contributed by atoms with van der Waals surface area (Å²) in [6.07, 6.45) is 2.52. The average Bonchev–Trinajstić information content (AvgIpc) is 2.83. The maximum Gasteiger partial charge on any atom is 0.218 e. The molecule has 0 aliphatic heterocycles. The van der Waals surface area contributed by atoms with Crippen LogP contribution < -0.4 is 10.1 Å². The number of aromatic nitrogens is 2. The monoisotopic (exact) mass is 249 g/mol. The van der Waals surface area contributed by atoms with Crippen LogP contribution in [-0.4, -0.2) is 23.1 Å². The third-order valence-corrected chi connectivity index (χ3v) is 3.13. The van der Waals surface area contributed by atoms with Gasteiger partial charge < -0.3 is 10.1 Å². The van der Waals surface area contributed by atoms with Gasteiger partial charge in [0.25, 0.3) is 0 Å². The maximum absolute atomic E-state index is 5.31. The maximum atomic E-state index is 5.31. The summed E-state index contributed by atoms with van der Waals surface area (Å²) < 4.78 is 5.31. The van der Waals surface area contributed by atoms with E-state index in [1.165, 1.54) is 11.2 Å². The van der Waals surface area contributed by atoms with E-state index in [4.69, 9.17) is 4.74 Å². The normalized spacial score (nSPS) is 10.2. The van der Waals surface area contributed by atoms with Gasteiger partial charge in [-0.15, -0.1) is 11.3 Å². The van der Waals surface area contributed by atoms with Gasteiger partial charge in [0.05, 0.1) is 6.61 Å². The molecule has 2 aromatic heterocycles. The van der Waals surface area contributed by atoms with Crippen molar-refractivity contribution in [3.8, 4) is 5.88 Å².